The van der Waals surface area contributed by atoms with Crippen LogP contribution in [0.15, 0.2) is 243 Å². The molecule has 0 spiro atoms. The number of hydrogen-bond donors (Lipinski definition) is 3. The molecule has 0 aliphatic rings. The summed E-state index contributed by atoms with van der Waals surface area (Å²) in [4.78, 5) is 43.0. The van der Waals surface area contributed by atoms with Gasteiger partial charge in [-0.3, -0.25) is 14.4 Å². The van der Waals surface area contributed by atoms with E-state index in [0.29, 0.717) is 117 Å². The maximum Gasteiger partial charge on any atom is 0.311 e. The highest BCUT2D eigenvalue weighted by atomic mass is 16.5. The second-order valence-corrected chi connectivity index (χ2v) is 24.0. The van der Waals surface area contributed by atoms with Crippen LogP contribution in [-0.4, -0.2) is 33.2 Å². The SMILES string of the molecule is C=CCc1cc(C(CC=C)CC(=O)Oc2cc(CC=C)c(C(C)CC(c3cc(CC=C)c(OC(=O)CC(CC=C)c4ccc(O)c(CC=C)c4)cc3CC=C)c3cc(CC=C)c(OC(=O)CC(CC=C)c4ccc(O)c(CC=C)c4)cc3CC=C)cc2CC=C)ccc1O. The van der Waals surface area contributed by atoms with Crippen molar-refractivity contribution in [2.75, 3.05) is 0 Å². The molecule has 4 atom stereocenters. The van der Waals surface area contributed by atoms with Crippen LogP contribution in [0.1, 0.15) is 165 Å². The molecule has 9 heteroatoms. The second kappa shape index (κ2) is 36.9. The van der Waals surface area contributed by atoms with Crippen LogP contribution in [0.3, 0.4) is 0 Å². The van der Waals surface area contributed by atoms with Gasteiger partial charge >= 0.3 is 17.9 Å². The van der Waals surface area contributed by atoms with E-state index < -0.39 is 17.9 Å². The number of phenolic OH excluding ortho intramolecular Hbond substituents is 3. The van der Waals surface area contributed by atoms with Crippen molar-refractivity contribution in [3.63, 3.8) is 0 Å². The van der Waals surface area contributed by atoms with Crippen LogP contribution < -0.4 is 14.2 Å². The number of rotatable bonds is 41. The van der Waals surface area contributed by atoms with Crippen LogP contribution in [0.4, 0.5) is 0 Å². The summed E-state index contributed by atoms with van der Waals surface area (Å²) in [6, 6.07) is 28.4. The van der Waals surface area contributed by atoms with Crippen molar-refractivity contribution in [3.8, 4) is 34.5 Å². The van der Waals surface area contributed by atoms with E-state index in [-0.39, 0.29) is 66.1 Å². The molecule has 0 aliphatic carbocycles. The van der Waals surface area contributed by atoms with Crippen molar-refractivity contribution in [2.45, 2.75) is 139 Å². The predicted octanol–water partition coefficient (Wildman–Crippen LogP) is 19.7. The molecule has 4 unspecified atom stereocenters. The lowest BCUT2D eigenvalue weighted by Gasteiger charge is -2.30. The first-order valence-corrected chi connectivity index (χ1v) is 32.3. The molecule has 0 bridgehead atoms. The Morgan fingerprint density at radius 2 is 0.596 bits per heavy atom. The number of ether oxygens (including phenoxy) is 3. The Bertz CT molecular complexity index is 3630. The molecule has 94 heavy (non-hydrogen) atoms. The van der Waals surface area contributed by atoms with Crippen molar-refractivity contribution in [1.29, 1.82) is 0 Å². The average molecular weight is 1260 g/mol. The Morgan fingerprint density at radius 3 is 0.872 bits per heavy atom. The molecule has 0 amide bonds. The lowest BCUT2D eigenvalue weighted by Crippen LogP contribution is -2.17. The topological polar surface area (TPSA) is 140 Å². The fourth-order valence-electron chi connectivity index (χ4n) is 12.5. The van der Waals surface area contributed by atoms with Crippen LogP contribution in [-0.2, 0) is 72.2 Å². The van der Waals surface area contributed by atoms with Gasteiger partial charge in [-0.15, -0.1) is 78.9 Å². The van der Waals surface area contributed by atoms with Crippen LogP contribution in [0.25, 0.3) is 0 Å². The van der Waals surface area contributed by atoms with E-state index in [1.54, 1.807) is 72.9 Å². The molecule has 0 saturated heterocycles. The highest BCUT2D eigenvalue weighted by Gasteiger charge is 2.30. The van der Waals surface area contributed by atoms with Gasteiger partial charge in [0.2, 0.25) is 0 Å². The maximum absolute atomic E-state index is 14.4. The summed E-state index contributed by atoms with van der Waals surface area (Å²) in [5.41, 5.74) is 12.6. The third-order valence-corrected chi connectivity index (χ3v) is 17.1. The number of aromatic hydroxyl groups is 3. The molecule has 6 aromatic rings. The van der Waals surface area contributed by atoms with Crippen molar-refractivity contribution in [2.24, 2.45) is 0 Å². The van der Waals surface area contributed by atoms with Gasteiger partial charge in [0.25, 0.3) is 0 Å². The number of allylic oxidation sites excluding steroid dienone is 12. The molecule has 6 aromatic carbocycles. The van der Waals surface area contributed by atoms with Crippen LogP contribution in [0.5, 0.6) is 34.5 Å². The largest absolute Gasteiger partial charge is 0.508 e. The molecular formula is C85H94O9. The zero-order chi connectivity index (χ0) is 68.3. The standard InChI is InChI=1S/C85H94O9/c1-14-26-58(61-38-41-77(86)67(45-61)32-20-7)54-83(89)92-80-51-64(29-17-4)73(48-70(80)35-23-10)57(13)44-76(74-49-71(36-24-11)81(52-65(74)30-18-5)93-84(90)55-59(27-15-2)62-39-42-78(87)68(46-62)33-21-8)75-50-72(37-25-12)82(53-66(75)31-19-6)94-85(91)56-60(28-16-3)63-40-43-79(88)69(47-63)34-22-9/h14-25,38-43,45-53,57-60,76,86-88H,1-12,26-37,44,54-56H2,13H3. The summed E-state index contributed by atoms with van der Waals surface area (Å²) in [7, 11) is 0. The van der Waals surface area contributed by atoms with Gasteiger partial charge < -0.3 is 29.5 Å². The molecule has 9 nitrogen and oxygen atoms in total. The minimum atomic E-state index is -0.437. The van der Waals surface area contributed by atoms with Gasteiger partial charge in [0, 0.05) is 5.92 Å². The van der Waals surface area contributed by atoms with Gasteiger partial charge in [-0.1, -0.05) is 134 Å². The molecule has 0 fully saturated rings. The first kappa shape index (κ1) is 73.1. The number of carbonyl (C=O) groups excluding carboxylic acids is 3. The van der Waals surface area contributed by atoms with Crippen molar-refractivity contribution in [3.05, 3.63) is 326 Å². The maximum atomic E-state index is 14.4. The summed E-state index contributed by atoms with van der Waals surface area (Å²) < 4.78 is 19.2. The van der Waals surface area contributed by atoms with Crippen molar-refractivity contribution < 1.29 is 43.9 Å². The first-order valence-electron chi connectivity index (χ1n) is 32.3. The van der Waals surface area contributed by atoms with E-state index in [1.807, 2.05) is 72.8 Å². The van der Waals surface area contributed by atoms with Crippen molar-refractivity contribution >= 4 is 17.9 Å². The molecule has 0 radical (unpaired) electrons. The highest BCUT2D eigenvalue weighted by Crippen LogP contribution is 2.45. The van der Waals surface area contributed by atoms with Gasteiger partial charge in [-0.2, -0.15) is 0 Å². The number of hydrogen-bond acceptors (Lipinski definition) is 9. The first-order chi connectivity index (χ1) is 45.4. The van der Waals surface area contributed by atoms with E-state index in [4.69, 9.17) is 14.2 Å². The Kier molecular flexibility index (Phi) is 28.7. The molecule has 0 saturated carbocycles. The van der Waals surface area contributed by atoms with Crippen LogP contribution >= 0.6 is 0 Å². The van der Waals surface area contributed by atoms with Gasteiger partial charge in [0.15, 0.2) is 0 Å². The molecule has 0 aromatic heterocycles. The van der Waals surface area contributed by atoms with E-state index in [2.05, 4.69) is 104 Å². The van der Waals surface area contributed by atoms with Gasteiger partial charge in [-0.05, 0) is 227 Å². The third-order valence-electron chi connectivity index (χ3n) is 17.1. The Morgan fingerprint density at radius 1 is 0.340 bits per heavy atom. The number of esters is 3. The Balaban J connectivity index is 1.51. The zero-order valence-corrected chi connectivity index (χ0v) is 55.1. The predicted molar refractivity (Wildman–Crippen MR) is 387 cm³/mol. The summed E-state index contributed by atoms with van der Waals surface area (Å²) in [5.74, 6) is -0.970. The van der Waals surface area contributed by atoms with E-state index in [1.165, 1.54) is 0 Å². The van der Waals surface area contributed by atoms with Crippen LogP contribution in [0.2, 0.25) is 0 Å². The molecule has 488 valence electrons. The van der Waals surface area contributed by atoms with E-state index in [9.17, 15) is 29.7 Å². The minimum absolute atomic E-state index is 0.0402. The second-order valence-electron chi connectivity index (χ2n) is 24.0. The quantitative estimate of drug-likeness (QED) is 0.0194. The summed E-state index contributed by atoms with van der Waals surface area (Å²) >= 11 is 0. The smallest absolute Gasteiger partial charge is 0.311 e. The molecule has 3 N–H and O–H groups in total. The average Bonchev–Trinajstić information content (AvgIpc) is 0.776. The molecule has 6 rings (SSSR count). The minimum Gasteiger partial charge on any atom is -0.508 e. The third kappa shape index (κ3) is 19.8. The van der Waals surface area contributed by atoms with Crippen molar-refractivity contribution in [1.82, 2.24) is 0 Å². The van der Waals surface area contributed by atoms with E-state index >= 15 is 0 Å². The lowest BCUT2D eigenvalue weighted by atomic mass is 9.75. The van der Waals surface area contributed by atoms with E-state index in [0.717, 1.165) is 66.8 Å². The Labute approximate surface area is 559 Å². The molecule has 0 heterocycles. The van der Waals surface area contributed by atoms with Gasteiger partial charge in [-0.25, -0.2) is 0 Å². The van der Waals surface area contributed by atoms with Crippen LogP contribution in [0, 0.1) is 0 Å². The highest BCUT2D eigenvalue weighted by molar-refractivity contribution is 5.76. The molecular weight excluding hydrogens is 1160 g/mol. The number of phenols is 3. The number of carbonyl (C=O) groups is 3. The zero-order valence-electron chi connectivity index (χ0n) is 55.1. The molecule has 0 aliphatic heterocycles. The van der Waals surface area contributed by atoms with Gasteiger partial charge in [0.05, 0.1) is 19.3 Å². The van der Waals surface area contributed by atoms with Gasteiger partial charge in [0.1, 0.15) is 34.5 Å². The fraction of sp³-hybridized carbons (Fsp3) is 0.259. The normalized spacial score (nSPS) is 12.5. The summed E-state index contributed by atoms with van der Waals surface area (Å²) in [6.07, 6.45) is 27.4. The Hall–Kier alpha value is -9.99. The number of benzene rings is 6. The fourth-order valence-corrected chi connectivity index (χ4v) is 12.5. The monoisotopic (exact) mass is 1260 g/mol. The lowest BCUT2D eigenvalue weighted by molar-refractivity contribution is -0.135. The summed E-state index contributed by atoms with van der Waals surface area (Å²) in [6.45, 7) is 50.7. The summed E-state index contributed by atoms with van der Waals surface area (Å²) in [5, 5.41) is 31.8.